The normalized spacial score (nSPS) is 15.2. The number of thiol groups is 1. The smallest absolute Gasteiger partial charge is 0.251 e. The van der Waals surface area contributed by atoms with Crippen LogP contribution in [0.3, 0.4) is 0 Å². The zero-order valence-corrected chi connectivity index (χ0v) is 19.1. The van der Waals surface area contributed by atoms with E-state index in [9.17, 15) is 4.57 Å². The Morgan fingerprint density at radius 1 is 0.720 bits per heavy atom. The minimum absolute atomic E-state index is 0.562. The van der Waals surface area contributed by atoms with Gasteiger partial charge in [0.1, 0.15) is 0 Å². The zero-order chi connectivity index (χ0) is 18.8. The van der Waals surface area contributed by atoms with E-state index in [1.807, 2.05) is 0 Å². The third-order valence-corrected chi connectivity index (χ3v) is 5.96. The highest BCUT2D eigenvalue weighted by molar-refractivity contribution is 8.46. The summed E-state index contributed by atoms with van der Waals surface area (Å²) in [7, 11) is 0. The minimum Gasteiger partial charge on any atom is -0.321 e. The molecule has 2 unspecified atom stereocenters. The van der Waals surface area contributed by atoms with Crippen LogP contribution in [0.4, 0.5) is 0 Å². The van der Waals surface area contributed by atoms with Crippen LogP contribution < -0.4 is 0 Å². The van der Waals surface area contributed by atoms with Gasteiger partial charge < -0.3 is 4.52 Å². The van der Waals surface area contributed by atoms with Crippen LogP contribution in [0, 0.1) is 5.92 Å². The van der Waals surface area contributed by atoms with E-state index in [2.05, 4.69) is 26.1 Å². The second-order valence-corrected chi connectivity index (χ2v) is 11.8. The van der Waals surface area contributed by atoms with Crippen molar-refractivity contribution >= 4 is 18.8 Å². The van der Waals surface area contributed by atoms with Crippen LogP contribution in [0.15, 0.2) is 0 Å². The predicted molar refractivity (Wildman–Crippen MR) is 117 cm³/mol. The van der Waals surface area contributed by atoms with Gasteiger partial charge in [0.2, 0.25) is 0 Å². The molecule has 0 spiro atoms. The van der Waals surface area contributed by atoms with Crippen LogP contribution in [0.25, 0.3) is 0 Å². The first-order valence-corrected chi connectivity index (χ1v) is 14.2. The molecule has 0 rings (SSSR count). The van der Waals surface area contributed by atoms with Crippen LogP contribution in [0.1, 0.15) is 117 Å². The molecule has 0 bridgehead atoms. The molecule has 0 aliphatic carbocycles. The molecule has 0 aromatic rings. The Labute approximate surface area is 163 Å². The second-order valence-electron chi connectivity index (χ2n) is 7.78. The standard InChI is InChI=1S/C21H45O2PS/c1-4-6-8-10-12-13-15-17-19-21(20-23-24(3,22)25)18-16-14-11-9-7-5-2/h21H,4-20H2,1-3H3,(H,22,25). The van der Waals surface area contributed by atoms with Crippen LogP contribution in [0.2, 0.25) is 0 Å². The topological polar surface area (TPSA) is 26.3 Å². The molecule has 2 nitrogen and oxygen atoms in total. The van der Waals surface area contributed by atoms with Gasteiger partial charge in [0.15, 0.2) is 0 Å². The van der Waals surface area contributed by atoms with E-state index < -0.39 is 6.57 Å². The van der Waals surface area contributed by atoms with Gasteiger partial charge in [0.05, 0.1) is 6.61 Å². The van der Waals surface area contributed by atoms with Crippen molar-refractivity contribution in [1.29, 1.82) is 0 Å². The Hall–Kier alpha value is 0.540. The molecule has 0 amide bonds. The van der Waals surface area contributed by atoms with E-state index in [-0.39, 0.29) is 0 Å². The van der Waals surface area contributed by atoms with E-state index in [1.165, 1.54) is 103 Å². The van der Waals surface area contributed by atoms with E-state index in [1.54, 1.807) is 6.66 Å². The number of hydrogen-bond donors (Lipinski definition) is 1. The molecule has 0 aromatic heterocycles. The molecule has 0 saturated heterocycles. The van der Waals surface area contributed by atoms with Crippen molar-refractivity contribution in [2.75, 3.05) is 13.3 Å². The summed E-state index contributed by atoms with van der Waals surface area (Å²) in [6.07, 6.45) is 21.4. The fraction of sp³-hybridized carbons (Fsp3) is 1.00. The van der Waals surface area contributed by atoms with Gasteiger partial charge in [-0.15, -0.1) is 0 Å². The third kappa shape index (κ3) is 20.7. The van der Waals surface area contributed by atoms with E-state index in [0.29, 0.717) is 12.5 Å². The Bertz CT molecular complexity index is 317. The lowest BCUT2D eigenvalue weighted by molar-refractivity contribution is 0.233. The maximum atomic E-state index is 11.7. The van der Waals surface area contributed by atoms with Crippen molar-refractivity contribution in [2.24, 2.45) is 5.92 Å². The average Bonchev–Trinajstić information content (AvgIpc) is 2.56. The van der Waals surface area contributed by atoms with Gasteiger partial charge in [0, 0.05) is 6.66 Å². The van der Waals surface area contributed by atoms with Gasteiger partial charge >= 0.3 is 0 Å². The Morgan fingerprint density at radius 2 is 1.08 bits per heavy atom. The lowest BCUT2D eigenvalue weighted by atomic mass is 9.95. The van der Waals surface area contributed by atoms with Gasteiger partial charge in [-0.1, -0.05) is 116 Å². The Balaban J connectivity index is 3.83. The molecule has 0 aliphatic rings. The van der Waals surface area contributed by atoms with Crippen molar-refractivity contribution in [3.05, 3.63) is 0 Å². The molecule has 4 heteroatoms. The molecule has 0 fully saturated rings. The van der Waals surface area contributed by atoms with E-state index >= 15 is 0 Å². The van der Waals surface area contributed by atoms with Crippen molar-refractivity contribution in [3.8, 4) is 0 Å². The van der Waals surface area contributed by atoms with Crippen molar-refractivity contribution in [3.63, 3.8) is 0 Å². The van der Waals surface area contributed by atoms with Crippen molar-refractivity contribution in [1.82, 2.24) is 0 Å². The summed E-state index contributed by atoms with van der Waals surface area (Å²) in [5, 5.41) is 0. The number of hydrogen-bond acceptors (Lipinski definition) is 2. The second kappa shape index (κ2) is 17.9. The van der Waals surface area contributed by atoms with Crippen LogP contribution >= 0.6 is 18.8 Å². The summed E-state index contributed by atoms with van der Waals surface area (Å²) in [6.45, 7) is 4.12. The first kappa shape index (κ1) is 25.5. The maximum Gasteiger partial charge on any atom is 0.251 e. The fourth-order valence-electron chi connectivity index (χ4n) is 3.33. The van der Waals surface area contributed by atoms with Crippen LogP contribution in [0.5, 0.6) is 0 Å². The van der Waals surface area contributed by atoms with E-state index in [4.69, 9.17) is 4.52 Å². The highest BCUT2D eigenvalue weighted by Crippen LogP contribution is 2.48. The van der Waals surface area contributed by atoms with Crippen molar-refractivity contribution < 1.29 is 9.09 Å². The summed E-state index contributed by atoms with van der Waals surface area (Å²) in [4.78, 5) is 0. The van der Waals surface area contributed by atoms with Crippen LogP contribution in [-0.2, 0) is 9.09 Å². The van der Waals surface area contributed by atoms with Gasteiger partial charge in [-0.3, -0.25) is 4.57 Å². The van der Waals surface area contributed by atoms with Gasteiger partial charge in [-0.2, -0.15) is 0 Å². The molecular formula is C21H45O2PS. The quantitative estimate of drug-likeness (QED) is 0.135. The van der Waals surface area contributed by atoms with Crippen LogP contribution in [-0.4, -0.2) is 13.3 Å². The summed E-state index contributed by atoms with van der Waals surface area (Å²) in [5.74, 6) is 0.562. The largest absolute Gasteiger partial charge is 0.321 e. The molecule has 0 saturated carbocycles. The molecule has 0 radical (unpaired) electrons. The SMILES string of the molecule is CCCCCCCCCCC(CCCCCCCC)COP(C)(=O)S. The number of unbranched alkanes of at least 4 members (excludes halogenated alkanes) is 12. The van der Waals surface area contributed by atoms with Gasteiger partial charge in [0.25, 0.3) is 6.57 Å². The minimum atomic E-state index is -2.64. The first-order valence-electron chi connectivity index (χ1n) is 10.9. The molecule has 2 atom stereocenters. The Kier molecular flexibility index (Phi) is 18.3. The van der Waals surface area contributed by atoms with Gasteiger partial charge in [-0.25, -0.2) is 0 Å². The lowest BCUT2D eigenvalue weighted by Crippen LogP contribution is -2.08. The molecular weight excluding hydrogens is 347 g/mol. The molecule has 152 valence electrons. The van der Waals surface area contributed by atoms with Crippen molar-refractivity contribution in [2.45, 2.75) is 117 Å². The average molecular weight is 393 g/mol. The molecule has 25 heavy (non-hydrogen) atoms. The lowest BCUT2D eigenvalue weighted by Gasteiger charge is -2.18. The van der Waals surface area contributed by atoms with E-state index in [0.717, 1.165) is 0 Å². The predicted octanol–water partition coefficient (Wildman–Crippen LogP) is 8.65. The fourth-order valence-corrected chi connectivity index (χ4v) is 4.02. The highest BCUT2D eigenvalue weighted by Gasteiger charge is 2.14. The van der Waals surface area contributed by atoms with Gasteiger partial charge in [-0.05, 0) is 18.8 Å². The summed E-state index contributed by atoms with van der Waals surface area (Å²) >= 11 is 4.08. The monoisotopic (exact) mass is 392 g/mol. The summed E-state index contributed by atoms with van der Waals surface area (Å²) in [6, 6.07) is 0. The zero-order valence-electron chi connectivity index (χ0n) is 17.3. The third-order valence-electron chi connectivity index (χ3n) is 4.98. The maximum absolute atomic E-state index is 11.7. The molecule has 0 heterocycles. The highest BCUT2D eigenvalue weighted by atomic mass is 32.7. The first-order chi connectivity index (χ1) is 12.0. The molecule has 0 aromatic carbocycles. The Morgan fingerprint density at radius 3 is 1.44 bits per heavy atom. The molecule has 0 N–H and O–H groups in total. The summed E-state index contributed by atoms with van der Waals surface area (Å²) in [5.41, 5.74) is 0. The molecule has 0 aliphatic heterocycles. The summed E-state index contributed by atoms with van der Waals surface area (Å²) < 4.78 is 17.2. The number of rotatable bonds is 19.